The number of amidine groups is 1. The predicted molar refractivity (Wildman–Crippen MR) is 134 cm³/mol. The number of hydrogen-bond donors (Lipinski definition) is 1. The third kappa shape index (κ3) is 4.92. The number of carbonyl (C=O) groups excluding carboxylic acids is 1. The van der Waals surface area contributed by atoms with Crippen LogP contribution in [0.4, 0.5) is 0 Å². The summed E-state index contributed by atoms with van der Waals surface area (Å²) in [6, 6.07) is 15.2. The number of fused-ring (bicyclic) bond motifs is 1. The summed E-state index contributed by atoms with van der Waals surface area (Å²) in [7, 11) is -1.97. The van der Waals surface area contributed by atoms with Crippen LogP contribution >= 0.6 is 0 Å². The Balaban J connectivity index is 1.20. The number of sulfonamides is 1. The van der Waals surface area contributed by atoms with Crippen molar-refractivity contribution >= 4 is 21.8 Å². The summed E-state index contributed by atoms with van der Waals surface area (Å²) in [5.74, 6) is 1.32. The molecule has 0 aromatic heterocycles. The number of nitrogens with zero attached hydrogens (tertiary/aromatic N) is 3. The van der Waals surface area contributed by atoms with E-state index in [9.17, 15) is 13.2 Å². The molecular formula is C26H32N4O4S. The van der Waals surface area contributed by atoms with Gasteiger partial charge >= 0.3 is 0 Å². The zero-order valence-electron chi connectivity index (χ0n) is 20.0. The van der Waals surface area contributed by atoms with E-state index in [4.69, 9.17) is 4.74 Å². The highest BCUT2D eigenvalue weighted by molar-refractivity contribution is 7.90. The van der Waals surface area contributed by atoms with Crippen LogP contribution in [-0.4, -0.2) is 69.8 Å². The fraction of sp³-hybridized carbons (Fsp3) is 0.462. The summed E-state index contributed by atoms with van der Waals surface area (Å²) in [4.78, 5) is 17.8. The highest BCUT2D eigenvalue weighted by Gasteiger charge is 2.34. The maximum atomic E-state index is 13.1. The van der Waals surface area contributed by atoms with Crippen molar-refractivity contribution in [3.05, 3.63) is 59.7 Å². The predicted octanol–water partition coefficient (Wildman–Crippen LogP) is 2.81. The van der Waals surface area contributed by atoms with Crippen molar-refractivity contribution < 1.29 is 17.9 Å². The Bertz CT molecular complexity index is 1200. The normalized spacial score (nSPS) is 20.8. The Morgan fingerprint density at radius 3 is 2.43 bits per heavy atom. The van der Waals surface area contributed by atoms with Gasteiger partial charge in [-0.05, 0) is 68.6 Å². The van der Waals surface area contributed by atoms with E-state index in [1.165, 1.54) is 18.4 Å². The number of hydrogen-bond acceptors (Lipinski definition) is 6. The lowest BCUT2D eigenvalue weighted by Crippen LogP contribution is -2.44. The zero-order valence-corrected chi connectivity index (χ0v) is 20.8. The van der Waals surface area contributed by atoms with Crippen LogP contribution < -0.4 is 10.1 Å². The average Bonchev–Trinajstić information content (AvgIpc) is 3.51. The number of methoxy groups -OCH3 is 1. The van der Waals surface area contributed by atoms with E-state index in [1.807, 2.05) is 23.1 Å². The molecule has 186 valence electrons. The van der Waals surface area contributed by atoms with Gasteiger partial charge in [0.15, 0.2) is 5.84 Å². The van der Waals surface area contributed by atoms with Crippen LogP contribution in [-0.2, 0) is 14.8 Å². The largest absolute Gasteiger partial charge is 0.497 e. The lowest BCUT2D eigenvalue weighted by Gasteiger charge is -2.33. The molecule has 3 aliphatic rings. The topological polar surface area (TPSA) is 91.3 Å². The zero-order chi connectivity index (χ0) is 24.4. The monoisotopic (exact) mass is 496 g/mol. The molecule has 0 radical (unpaired) electrons. The van der Waals surface area contributed by atoms with Gasteiger partial charge in [-0.2, -0.15) is 8.42 Å². The van der Waals surface area contributed by atoms with Crippen LogP contribution in [0.5, 0.6) is 5.75 Å². The van der Waals surface area contributed by atoms with E-state index in [1.54, 1.807) is 25.3 Å². The van der Waals surface area contributed by atoms with Crippen molar-refractivity contribution in [2.24, 2.45) is 10.3 Å². The molecule has 0 aliphatic carbocycles. The van der Waals surface area contributed by atoms with E-state index in [0.717, 1.165) is 18.8 Å². The SMILES string of the molecule is COc1ccc(C(CNC(=O)C2CCN(C3=NS(=O)(=O)c4ccccc43)CC2)N2CCCC2)cc1. The molecule has 8 nitrogen and oxygen atoms in total. The summed E-state index contributed by atoms with van der Waals surface area (Å²) in [5, 5.41) is 3.21. The number of ether oxygens (including phenoxy) is 1. The Morgan fingerprint density at radius 2 is 1.74 bits per heavy atom. The summed E-state index contributed by atoms with van der Waals surface area (Å²) < 4.78 is 34.1. The van der Waals surface area contributed by atoms with Crippen molar-refractivity contribution in [2.45, 2.75) is 36.6 Å². The summed E-state index contributed by atoms with van der Waals surface area (Å²) in [5.41, 5.74) is 1.84. The van der Waals surface area contributed by atoms with Gasteiger partial charge in [0.2, 0.25) is 5.91 Å². The molecule has 2 fully saturated rings. The minimum atomic E-state index is -3.64. The molecule has 1 unspecified atom stereocenters. The van der Waals surface area contributed by atoms with Gasteiger partial charge in [0.25, 0.3) is 10.0 Å². The third-order valence-electron chi connectivity index (χ3n) is 7.33. The van der Waals surface area contributed by atoms with Crippen LogP contribution in [0.2, 0.25) is 0 Å². The van der Waals surface area contributed by atoms with Crippen molar-refractivity contribution in [3.63, 3.8) is 0 Å². The fourth-order valence-corrected chi connectivity index (χ4v) is 6.58. The van der Waals surface area contributed by atoms with Crippen LogP contribution in [0.15, 0.2) is 57.8 Å². The van der Waals surface area contributed by atoms with Crippen molar-refractivity contribution in [1.29, 1.82) is 0 Å². The second kappa shape index (κ2) is 9.99. The minimum Gasteiger partial charge on any atom is -0.497 e. The van der Waals surface area contributed by atoms with Crippen LogP contribution in [0.1, 0.15) is 42.9 Å². The molecule has 0 saturated carbocycles. The number of nitrogens with one attached hydrogen (secondary N) is 1. The lowest BCUT2D eigenvalue weighted by atomic mass is 9.95. The van der Waals surface area contributed by atoms with Crippen LogP contribution in [0, 0.1) is 5.92 Å². The standard InChI is InChI=1S/C26H32N4O4S/c1-34-21-10-8-19(9-11-21)23(29-14-4-5-15-29)18-27-26(31)20-12-16-30(17-13-20)25-22-6-2-3-7-24(22)35(32,33)28-25/h2-3,6-11,20,23H,4-5,12-18H2,1H3,(H,27,31). The molecular weight excluding hydrogens is 464 g/mol. The van der Waals surface area contributed by atoms with Gasteiger partial charge < -0.3 is 15.0 Å². The molecule has 2 aromatic rings. The molecule has 0 bridgehead atoms. The summed E-state index contributed by atoms with van der Waals surface area (Å²) >= 11 is 0. The first-order valence-corrected chi connectivity index (χ1v) is 13.8. The first-order chi connectivity index (χ1) is 17.0. The molecule has 0 spiro atoms. The van der Waals surface area contributed by atoms with Gasteiger partial charge in [-0.25, -0.2) is 0 Å². The highest BCUT2D eigenvalue weighted by Crippen LogP contribution is 2.30. The smallest absolute Gasteiger partial charge is 0.285 e. The first-order valence-electron chi connectivity index (χ1n) is 12.3. The van der Waals surface area contributed by atoms with E-state index in [2.05, 4.69) is 26.7 Å². The quantitative estimate of drug-likeness (QED) is 0.661. The summed E-state index contributed by atoms with van der Waals surface area (Å²) in [6.45, 7) is 3.86. The Kier molecular flexibility index (Phi) is 6.80. The molecule has 1 atom stereocenters. The Morgan fingerprint density at radius 1 is 1.06 bits per heavy atom. The van der Waals surface area contributed by atoms with Gasteiger partial charge in [-0.3, -0.25) is 9.69 Å². The number of likely N-dealkylation sites (tertiary alicyclic amines) is 2. The van der Waals surface area contributed by atoms with E-state index >= 15 is 0 Å². The van der Waals surface area contributed by atoms with Crippen LogP contribution in [0.3, 0.4) is 0 Å². The molecule has 2 saturated heterocycles. The second-order valence-electron chi connectivity index (χ2n) is 9.42. The number of rotatable bonds is 6. The summed E-state index contributed by atoms with van der Waals surface area (Å²) in [6.07, 6.45) is 3.71. The van der Waals surface area contributed by atoms with Gasteiger partial charge in [0, 0.05) is 31.1 Å². The Labute approximate surface area is 207 Å². The number of piperidine rings is 1. The molecule has 3 heterocycles. The van der Waals surface area contributed by atoms with E-state index < -0.39 is 10.0 Å². The van der Waals surface area contributed by atoms with Crippen molar-refractivity contribution in [2.75, 3.05) is 39.8 Å². The molecule has 2 aromatic carbocycles. The van der Waals surface area contributed by atoms with Crippen molar-refractivity contribution in [1.82, 2.24) is 15.1 Å². The maximum Gasteiger partial charge on any atom is 0.285 e. The molecule has 5 rings (SSSR count). The average molecular weight is 497 g/mol. The molecule has 1 amide bonds. The molecule has 35 heavy (non-hydrogen) atoms. The number of amides is 1. The molecule has 1 N–H and O–H groups in total. The maximum absolute atomic E-state index is 13.1. The number of benzene rings is 2. The Hall–Kier alpha value is -2.91. The van der Waals surface area contributed by atoms with Gasteiger partial charge in [-0.15, -0.1) is 4.40 Å². The van der Waals surface area contributed by atoms with Gasteiger partial charge in [0.05, 0.1) is 13.2 Å². The van der Waals surface area contributed by atoms with E-state index in [-0.39, 0.29) is 22.8 Å². The fourth-order valence-electron chi connectivity index (χ4n) is 5.35. The van der Waals surface area contributed by atoms with E-state index in [0.29, 0.717) is 43.9 Å². The highest BCUT2D eigenvalue weighted by atomic mass is 32.2. The first kappa shape index (κ1) is 23.8. The molecule has 9 heteroatoms. The lowest BCUT2D eigenvalue weighted by molar-refractivity contribution is -0.126. The minimum absolute atomic E-state index is 0.0729. The number of carbonyl (C=O) groups is 1. The van der Waals surface area contributed by atoms with Gasteiger partial charge in [-0.1, -0.05) is 24.3 Å². The van der Waals surface area contributed by atoms with Gasteiger partial charge in [0.1, 0.15) is 10.6 Å². The van der Waals surface area contributed by atoms with Crippen LogP contribution in [0.25, 0.3) is 0 Å². The second-order valence-corrected chi connectivity index (χ2v) is 11.0. The molecule has 3 aliphatic heterocycles. The van der Waals surface area contributed by atoms with Crippen molar-refractivity contribution in [3.8, 4) is 5.75 Å². The third-order valence-corrected chi connectivity index (χ3v) is 8.65.